The molecule has 26 heavy (non-hydrogen) atoms. The molecule has 3 rings (SSSR count). The molecule has 0 radical (unpaired) electrons. The molecule has 7 heteroatoms. The molecule has 0 saturated carbocycles. The van der Waals surface area contributed by atoms with Gasteiger partial charge in [-0.05, 0) is 55.5 Å². The molecule has 1 fully saturated rings. The van der Waals surface area contributed by atoms with E-state index in [1.807, 2.05) is 18.2 Å². The molecular formula is C19H19N3O3S. The molecule has 0 spiro atoms. The van der Waals surface area contributed by atoms with Crippen molar-refractivity contribution in [3.63, 3.8) is 0 Å². The van der Waals surface area contributed by atoms with E-state index < -0.39 is 10.0 Å². The predicted octanol–water partition coefficient (Wildman–Crippen LogP) is 2.27. The number of ketones is 1. The molecule has 0 aromatic heterocycles. The lowest BCUT2D eigenvalue weighted by Gasteiger charge is -2.35. The van der Waals surface area contributed by atoms with E-state index in [-0.39, 0.29) is 10.7 Å². The molecule has 0 unspecified atom stereocenters. The van der Waals surface area contributed by atoms with Crippen molar-refractivity contribution in [1.29, 1.82) is 5.26 Å². The third kappa shape index (κ3) is 3.62. The Morgan fingerprint density at radius 3 is 2.04 bits per heavy atom. The number of piperazine rings is 1. The maximum Gasteiger partial charge on any atom is 0.243 e. The van der Waals surface area contributed by atoms with Crippen molar-refractivity contribution < 1.29 is 13.2 Å². The van der Waals surface area contributed by atoms with Gasteiger partial charge in [-0.25, -0.2) is 8.42 Å². The highest BCUT2D eigenvalue weighted by atomic mass is 32.2. The maximum absolute atomic E-state index is 12.7. The molecule has 134 valence electrons. The van der Waals surface area contributed by atoms with Crippen LogP contribution in [0.3, 0.4) is 0 Å². The molecule has 0 N–H and O–H groups in total. The van der Waals surface area contributed by atoms with Crippen molar-refractivity contribution in [3.05, 3.63) is 59.7 Å². The maximum atomic E-state index is 12.7. The Balaban J connectivity index is 1.69. The minimum atomic E-state index is -3.56. The van der Waals surface area contributed by atoms with E-state index in [1.165, 1.54) is 35.5 Å². The fourth-order valence-electron chi connectivity index (χ4n) is 2.94. The molecule has 0 aliphatic carbocycles. The average molecular weight is 369 g/mol. The summed E-state index contributed by atoms with van der Waals surface area (Å²) in [7, 11) is -3.56. The molecular weight excluding hydrogens is 350 g/mol. The van der Waals surface area contributed by atoms with Crippen molar-refractivity contribution in [2.24, 2.45) is 0 Å². The summed E-state index contributed by atoms with van der Waals surface area (Å²) in [6, 6.07) is 15.3. The zero-order chi connectivity index (χ0) is 18.7. The highest BCUT2D eigenvalue weighted by molar-refractivity contribution is 7.89. The van der Waals surface area contributed by atoms with E-state index >= 15 is 0 Å². The number of Topliss-reactive ketones (excluding diaryl/α,β-unsaturated/α-hetero) is 1. The number of carbonyl (C=O) groups is 1. The van der Waals surface area contributed by atoms with Gasteiger partial charge in [0, 0.05) is 37.4 Å². The predicted molar refractivity (Wildman–Crippen MR) is 98.6 cm³/mol. The second kappa shape index (κ2) is 7.28. The number of rotatable bonds is 4. The third-order valence-corrected chi connectivity index (χ3v) is 6.41. The fourth-order valence-corrected chi connectivity index (χ4v) is 4.37. The number of carbonyl (C=O) groups excluding carboxylic acids is 1. The van der Waals surface area contributed by atoms with Crippen LogP contribution >= 0.6 is 0 Å². The lowest BCUT2D eigenvalue weighted by Crippen LogP contribution is -2.48. The highest BCUT2D eigenvalue weighted by Gasteiger charge is 2.28. The Morgan fingerprint density at radius 1 is 0.962 bits per heavy atom. The summed E-state index contributed by atoms with van der Waals surface area (Å²) in [5.74, 6) is 0.0230. The normalized spacial score (nSPS) is 15.5. The van der Waals surface area contributed by atoms with Crippen molar-refractivity contribution in [2.45, 2.75) is 11.8 Å². The van der Waals surface area contributed by atoms with E-state index in [9.17, 15) is 13.2 Å². The van der Waals surface area contributed by atoms with Gasteiger partial charge in [-0.3, -0.25) is 4.79 Å². The minimum absolute atomic E-state index is 0.0230. The molecule has 2 aromatic rings. The summed E-state index contributed by atoms with van der Waals surface area (Å²) in [4.78, 5) is 13.7. The monoisotopic (exact) mass is 369 g/mol. The Morgan fingerprint density at radius 2 is 1.54 bits per heavy atom. The Labute approximate surface area is 153 Å². The first-order valence-electron chi connectivity index (χ1n) is 8.28. The number of sulfonamides is 1. The lowest BCUT2D eigenvalue weighted by atomic mass is 10.1. The smallest absolute Gasteiger partial charge is 0.243 e. The standard InChI is InChI=1S/C19H19N3O3S/c1-15(23)17-4-6-18(7-5-17)21-10-12-22(13-11-21)26(24,25)19-8-2-16(14-20)3-9-19/h2-9H,10-13H2,1H3. The van der Waals surface area contributed by atoms with Crippen LogP contribution in [0.5, 0.6) is 0 Å². The van der Waals surface area contributed by atoms with Crippen molar-refractivity contribution in [3.8, 4) is 6.07 Å². The summed E-state index contributed by atoms with van der Waals surface area (Å²) in [5.41, 5.74) is 2.07. The van der Waals surface area contributed by atoms with Gasteiger partial charge in [0.1, 0.15) is 0 Å². The van der Waals surface area contributed by atoms with Gasteiger partial charge in [0.05, 0.1) is 16.5 Å². The lowest BCUT2D eigenvalue weighted by molar-refractivity contribution is 0.101. The molecule has 0 atom stereocenters. The van der Waals surface area contributed by atoms with Crippen molar-refractivity contribution >= 4 is 21.5 Å². The van der Waals surface area contributed by atoms with Crippen LogP contribution in [0.25, 0.3) is 0 Å². The van der Waals surface area contributed by atoms with Crippen molar-refractivity contribution in [1.82, 2.24) is 4.31 Å². The SMILES string of the molecule is CC(=O)c1ccc(N2CCN(S(=O)(=O)c3ccc(C#N)cc3)CC2)cc1. The van der Waals surface area contributed by atoms with Gasteiger partial charge in [-0.1, -0.05) is 0 Å². The van der Waals surface area contributed by atoms with E-state index in [4.69, 9.17) is 5.26 Å². The van der Waals surface area contributed by atoms with Gasteiger partial charge < -0.3 is 4.90 Å². The van der Waals surface area contributed by atoms with Crippen LogP contribution in [0.15, 0.2) is 53.4 Å². The fraction of sp³-hybridized carbons (Fsp3) is 0.263. The largest absolute Gasteiger partial charge is 0.369 e. The Hall–Kier alpha value is -2.69. The van der Waals surface area contributed by atoms with Crippen LogP contribution in [-0.2, 0) is 10.0 Å². The van der Waals surface area contributed by atoms with E-state index in [0.717, 1.165) is 5.69 Å². The molecule has 2 aromatic carbocycles. The summed E-state index contributed by atoms with van der Waals surface area (Å²) < 4.78 is 26.9. The number of nitrogens with zero attached hydrogens (tertiary/aromatic N) is 3. The second-order valence-electron chi connectivity index (χ2n) is 6.13. The number of nitriles is 1. The van der Waals surface area contributed by atoms with Gasteiger partial charge in [-0.15, -0.1) is 0 Å². The van der Waals surface area contributed by atoms with Crippen LogP contribution in [0, 0.1) is 11.3 Å². The third-order valence-electron chi connectivity index (χ3n) is 4.50. The van der Waals surface area contributed by atoms with E-state index in [1.54, 1.807) is 12.1 Å². The van der Waals surface area contributed by atoms with E-state index in [2.05, 4.69) is 4.90 Å². The van der Waals surface area contributed by atoms with Gasteiger partial charge in [0.2, 0.25) is 10.0 Å². The quantitative estimate of drug-likeness (QED) is 0.772. The van der Waals surface area contributed by atoms with Crippen LogP contribution in [0.1, 0.15) is 22.8 Å². The summed E-state index contributed by atoms with van der Waals surface area (Å²) in [6.45, 7) is 3.46. The molecule has 6 nitrogen and oxygen atoms in total. The molecule has 1 heterocycles. The van der Waals surface area contributed by atoms with Gasteiger partial charge in [0.15, 0.2) is 5.78 Å². The summed E-state index contributed by atoms with van der Waals surface area (Å²) in [6.07, 6.45) is 0. The minimum Gasteiger partial charge on any atom is -0.369 e. The summed E-state index contributed by atoms with van der Waals surface area (Å²) >= 11 is 0. The van der Waals surface area contributed by atoms with E-state index in [0.29, 0.717) is 37.3 Å². The highest BCUT2D eigenvalue weighted by Crippen LogP contribution is 2.22. The zero-order valence-electron chi connectivity index (χ0n) is 14.4. The second-order valence-corrected chi connectivity index (χ2v) is 8.07. The molecule has 1 saturated heterocycles. The number of anilines is 1. The summed E-state index contributed by atoms with van der Waals surface area (Å²) in [5, 5.41) is 8.83. The van der Waals surface area contributed by atoms with Crippen LogP contribution in [0.2, 0.25) is 0 Å². The van der Waals surface area contributed by atoms with Crippen LogP contribution in [0.4, 0.5) is 5.69 Å². The first kappa shape index (κ1) is 18.1. The molecule has 1 aliphatic rings. The first-order chi connectivity index (χ1) is 12.4. The van der Waals surface area contributed by atoms with Gasteiger partial charge in [-0.2, -0.15) is 9.57 Å². The van der Waals surface area contributed by atoms with Gasteiger partial charge in [0.25, 0.3) is 0 Å². The number of hydrogen-bond donors (Lipinski definition) is 0. The topological polar surface area (TPSA) is 81.5 Å². The van der Waals surface area contributed by atoms with Gasteiger partial charge >= 0.3 is 0 Å². The van der Waals surface area contributed by atoms with Crippen LogP contribution in [-0.4, -0.2) is 44.7 Å². The molecule has 1 aliphatic heterocycles. The Bertz CT molecular complexity index is 937. The Kier molecular flexibility index (Phi) is 5.07. The number of benzene rings is 2. The first-order valence-corrected chi connectivity index (χ1v) is 9.72. The van der Waals surface area contributed by atoms with Crippen LogP contribution < -0.4 is 4.90 Å². The average Bonchev–Trinajstić information content (AvgIpc) is 2.68. The molecule has 0 bridgehead atoms. The molecule has 0 amide bonds. The van der Waals surface area contributed by atoms with Crippen molar-refractivity contribution in [2.75, 3.05) is 31.1 Å². The zero-order valence-corrected chi connectivity index (χ0v) is 15.2. The number of hydrogen-bond acceptors (Lipinski definition) is 5.